The number of amides is 2. The number of urea groups is 1. The number of carbonyl (C=O) groups excluding carboxylic acids is 1. The lowest BCUT2D eigenvalue weighted by molar-refractivity contribution is 0.236. The highest BCUT2D eigenvalue weighted by Gasteiger charge is 2.22. The van der Waals surface area contributed by atoms with Crippen molar-refractivity contribution in [2.75, 3.05) is 0 Å². The first-order valence-corrected chi connectivity index (χ1v) is 12.0. The van der Waals surface area contributed by atoms with Gasteiger partial charge in [-0.3, -0.25) is 5.10 Å². The molecule has 0 saturated carbocycles. The number of aromatic nitrogens is 4. The van der Waals surface area contributed by atoms with Crippen molar-refractivity contribution < 1.29 is 13.6 Å². The van der Waals surface area contributed by atoms with Gasteiger partial charge in [0.1, 0.15) is 28.3 Å². The van der Waals surface area contributed by atoms with Gasteiger partial charge in [-0.2, -0.15) is 5.10 Å². The normalized spacial score (nSPS) is 12.0. The highest BCUT2D eigenvalue weighted by atomic mass is 35.5. The molecule has 2 aromatic heterocycles. The molecule has 0 bridgehead atoms. The minimum Gasteiger partial charge on any atom is -0.334 e. The van der Waals surface area contributed by atoms with Crippen LogP contribution in [0.2, 0.25) is 5.15 Å². The van der Waals surface area contributed by atoms with Gasteiger partial charge in [-0.15, -0.1) is 0 Å². The Balaban J connectivity index is 1.39. The van der Waals surface area contributed by atoms with Crippen LogP contribution in [-0.4, -0.2) is 26.2 Å². The van der Waals surface area contributed by atoms with E-state index < -0.39 is 23.7 Å². The summed E-state index contributed by atoms with van der Waals surface area (Å²) in [6.45, 7) is 1.23. The number of aromatic amines is 2. The summed E-state index contributed by atoms with van der Waals surface area (Å²) in [5.41, 5.74) is 3.19. The molecule has 0 radical (unpaired) electrons. The molecule has 37 heavy (non-hydrogen) atoms. The van der Waals surface area contributed by atoms with Crippen LogP contribution >= 0.6 is 11.6 Å². The molecule has 188 valence electrons. The molecule has 2 heterocycles. The zero-order valence-corrected chi connectivity index (χ0v) is 20.5. The van der Waals surface area contributed by atoms with E-state index in [9.17, 15) is 13.6 Å². The number of hydrogen-bond acceptors (Lipinski definition) is 3. The van der Waals surface area contributed by atoms with Crippen LogP contribution in [0.1, 0.15) is 28.6 Å². The van der Waals surface area contributed by atoms with E-state index in [-0.39, 0.29) is 12.1 Å². The molecule has 0 aliphatic heterocycles. The Kier molecular flexibility index (Phi) is 6.87. The van der Waals surface area contributed by atoms with Gasteiger partial charge in [0.25, 0.3) is 0 Å². The molecule has 0 fully saturated rings. The fraction of sp³-hybridized carbons (Fsp3) is 0.148. The van der Waals surface area contributed by atoms with Crippen molar-refractivity contribution in [2.45, 2.75) is 25.9 Å². The van der Waals surface area contributed by atoms with Crippen molar-refractivity contribution in [3.63, 3.8) is 0 Å². The summed E-state index contributed by atoms with van der Waals surface area (Å²) in [4.78, 5) is 20.6. The van der Waals surface area contributed by atoms with Gasteiger partial charge in [-0.05, 0) is 36.6 Å². The molecule has 3 aromatic carbocycles. The van der Waals surface area contributed by atoms with Crippen LogP contribution in [0.5, 0.6) is 0 Å². The lowest BCUT2D eigenvalue weighted by Gasteiger charge is -2.18. The summed E-state index contributed by atoms with van der Waals surface area (Å²) in [6.07, 6.45) is 2.13. The van der Waals surface area contributed by atoms with E-state index >= 15 is 0 Å². The van der Waals surface area contributed by atoms with E-state index in [1.165, 1.54) is 19.1 Å². The summed E-state index contributed by atoms with van der Waals surface area (Å²) >= 11 is 6.52. The van der Waals surface area contributed by atoms with Gasteiger partial charge < -0.3 is 15.6 Å². The Morgan fingerprint density at radius 2 is 1.92 bits per heavy atom. The Bertz CT molecular complexity index is 1570. The maximum Gasteiger partial charge on any atom is 0.315 e. The van der Waals surface area contributed by atoms with Crippen LogP contribution in [0.15, 0.2) is 66.9 Å². The summed E-state index contributed by atoms with van der Waals surface area (Å²) < 4.78 is 28.5. The number of hydrogen-bond donors (Lipinski definition) is 4. The second-order valence-corrected chi connectivity index (χ2v) is 9.06. The number of nitrogens with one attached hydrogen (secondary N) is 4. The fourth-order valence-electron chi connectivity index (χ4n) is 4.13. The lowest BCUT2D eigenvalue weighted by atomic mass is 10.1. The summed E-state index contributed by atoms with van der Waals surface area (Å²) in [5.74, 6) is -0.963. The number of aryl methyl sites for hydroxylation is 1. The first-order chi connectivity index (χ1) is 17.9. The molecule has 7 nitrogen and oxygen atoms in total. The molecule has 1 atom stereocenters. The molecule has 10 heteroatoms. The third-order valence-corrected chi connectivity index (χ3v) is 6.39. The molecule has 0 aliphatic rings. The van der Waals surface area contributed by atoms with Crippen molar-refractivity contribution in [3.05, 3.63) is 106 Å². The third kappa shape index (κ3) is 5.31. The van der Waals surface area contributed by atoms with Crippen molar-refractivity contribution in [1.82, 2.24) is 30.8 Å². The standard InChI is InChI=1S/C27H23ClF2N6O/c1-15-7-10-20(29)19(23(15)30)14-31-27(37)33-22(11-16-5-3-2-4-6-16)26-34-24(25(28)35-26)17-8-9-18-13-32-36-21(18)12-17/h2-10,12-13,22H,11,14H2,1H3,(H,32,36)(H,34,35)(H2,31,33,37). The third-order valence-electron chi connectivity index (χ3n) is 6.12. The van der Waals surface area contributed by atoms with Crippen LogP contribution < -0.4 is 10.6 Å². The molecule has 2 amide bonds. The van der Waals surface area contributed by atoms with Gasteiger partial charge in [0, 0.05) is 16.5 Å². The quantitative estimate of drug-likeness (QED) is 0.212. The Morgan fingerprint density at radius 3 is 2.73 bits per heavy atom. The molecular weight excluding hydrogens is 498 g/mol. The van der Waals surface area contributed by atoms with E-state index in [4.69, 9.17) is 16.6 Å². The van der Waals surface area contributed by atoms with Gasteiger partial charge in [0.15, 0.2) is 0 Å². The second-order valence-electron chi connectivity index (χ2n) is 8.68. The van der Waals surface area contributed by atoms with Gasteiger partial charge in [0.05, 0.1) is 24.3 Å². The number of imidazole rings is 1. The first-order valence-electron chi connectivity index (χ1n) is 11.6. The minimum atomic E-state index is -0.721. The molecule has 5 rings (SSSR count). The number of benzene rings is 3. The summed E-state index contributed by atoms with van der Waals surface area (Å²) in [6, 6.07) is 16.6. The van der Waals surface area contributed by atoms with E-state index in [1.807, 2.05) is 48.5 Å². The smallest absolute Gasteiger partial charge is 0.315 e. The van der Waals surface area contributed by atoms with Crippen LogP contribution in [0.4, 0.5) is 13.6 Å². The predicted octanol–water partition coefficient (Wildman–Crippen LogP) is 5.98. The number of nitrogens with zero attached hydrogens (tertiary/aromatic N) is 2. The number of fused-ring (bicyclic) bond motifs is 1. The highest BCUT2D eigenvalue weighted by molar-refractivity contribution is 6.32. The van der Waals surface area contributed by atoms with Crippen LogP contribution in [0.25, 0.3) is 22.2 Å². The number of carbonyl (C=O) groups is 1. The fourth-order valence-corrected chi connectivity index (χ4v) is 4.38. The first kappa shape index (κ1) is 24.5. The highest BCUT2D eigenvalue weighted by Crippen LogP contribution is 2.30. The van der Waals surface area contributed by atoms with Crippen LogP contribution in [0, 0.1) is 18.6 Å². The maximum atomic E-state index is 14.4. The monoisotopic (exact) mass is 520 g/mol. The lowest BCUT2D eigenvalue weighted by Crippen LogP contribution is -2.39. The molecule has 0 saturated heterocycles. The van der Waals surface area contributed by atoms with E-state index in [0.29, 0.717) is 28.7 Å². The zero-order valence-electron chi connectivity index (χ0n) is 19.8. The molecular formula is C27H23ClF2N6O. The topological polar surface area (TPSA) is 98.5 Å². The molecule has 0 aliphatic carbocycles. The van der Waals surface area contributed by atoms with Gasteiger partial charge in [-0.1, -0.05) is 60.1 Å². The number of halogens is 3. The second kappa shape index (κ2) is 10.4. The maximum absolute atomic E-state index is 14.4. The Hall–Kier alpha value is -4.24. The van der Waals surface area contributed by atoms with Crippen molar-refractivity contribution in [3.8, 4) is 11.3 Å². The largest absolute Gasteiger partial charge is 0.334 e. The van der Waals surface area contributed by atoms with Crippen LogP contribution in [-0.2, 0) is 13.0 Å². The predicted molar refractivity (Wildman–Crippen MR) is 138 cm³/mol. The molecule has 1 unspecified atom stereocenters. The van der Waals surface area contributed by atoms with Crippen LogP contribution in [0.3, 0.4) is 0 Å². The van der Waals surface area contributed by atoms with Gasteiger partial charge in [-0.25, -0.2) is 18.6 Å². The number of rotatable bonds is 7. The zero-order chi connectivity index (χ0) is 25.9. The van der Waals surface area contributed by atoms with E-state index in [0.717, 1.165) is 22.0 Å². The molecule has 0 spiro atoms. The van der Waals surface area contributed by atoms with Gasteiger partial charge >= 0.3 is 6.03 Å². The summed E-state index contributed by atoms with van der Waals surface area (Å²) in [7, 11) is 0. The SMILES string of the molecule is Cc1ccc(F)c(CNC(=O)NC(Cc2ccccc2)c2nc(-c3ccc4cn[nH]c4c3)c(Cl)[nH]2)c1F. The molecule has 5 aromatic rings. The summed E-state index contributed by atoms with van der Waals surface area (Å²) in [5, 5.41) is 13.6. The number of H-pyrrole nitrogens is 2. The average molecular weight is 521 g/mol. The van der Waals surface area contributed by atoms with E-state index in [2.05, 4.69) is 25.8 Å². The van der Waals surface area contributed by atoms with Crippen molar-refractivity contribution in [2.24, 2.45) is 0 Å². The minimum absolute atomic E-state index is 0.202. The molecule has 4 N–H and O–H groups in total. The van der Waals surface area contributed by atoms with Gasteiger partial charge in [0.2, 0.25) is 0 Å². The Morgan fingerprint density at radius 1 is 1.11 bits per heavy atom. The average Bonchev–Trinajstić information content (AvgIpc) is 3.52. The Labute approximate surface area is 216 Å². The van der Waals surface area contributed by atoms with Crippen molar-refractivity contribution >= 4 is 28.5 Å². The van der Waals surface area contributed by atoms with E-state index in [1.54, 1.807) is 6.20 Å². The van der Waals surface area contributed by atoms with Crippen molar-refractivity contribution in [1.29, 1.82) is 0 Å².